The van der Waals surface area contributed by atoms with E-state index >= 15 is 0 Å². The summed E-state index contributed by atoms with van der Waals surface area (Å²) in [7, 11) is 0. The molecule has 29 heavy (non-hydrogen) atoms. The molecule has 1 aromatic heterocycles. The molecule has 4 atom stereocenters. The van der Waals surface area contributed by atoms with Gasteiger partial charge in [0.15, 0.2) is 0 Å². The van der Waals surface area contributed by atoms with Gasteiger partial charge in [-0.05, 0) is 50.9 Å². The summed E-state index contributed by atoms with van der Waals surface area (Å²) < 4.78 is 2.22. The van der Waals surface area contributed by atoms with Crippen LogP contribution in [0.5, 0.6) is 0 Å². The second kappa shape index (κ2) is 7.74. The van der Waals surface area contributed by atoms with Gasteiger partial charge in [0.1, 0.15) is 0 Å². The number of imidazole rings is 1. The van der Waals surface area contributed by atoms with Crippen molar-refractivity contribution in [1.29, 1.82) is 0 Å². The van der Waals surface area contributed by atoms with Crippen molar-refractivity contribution >= 4 is 11.8 Å². The van der Waals surface area contributed by atoms with Gasteiger partial charge in [0.25, 0.3) is 0 Å². The lowest BCUT2D eigenvalue weighted by Crippen LogP contribution is -2.67. The Bertz CT molecular complexity index is 773. The molecule has 7 heteroatoms. The van der Waals surface area contributed by atoms with Gasteiger partial charge in [-0.2, -0.15) is 0 Å². The average Bonchev–Trinajstić information content (AvgIpc) is 3.48. The molecule has 0 spiro atoms. The van der Waals surface area contributed by atoms with Gasteiger partial charge in [0, 0.05) is 57.3 Å². The van der Waals surface area contributed by atoms with Crippen LogP contribution in [-0.2, 0) is 22.7 Å². The van der Waals surface area contributed by atoms with E-state index in [1.165, 1.54) is 12.1 Å². The number of rotatable bonds is 6. The average molecular weight is 400 g/mol. The summed E-state index contributed by atoms with van der Waals surface area (Å²) in [6.07, 6.45) is 9.90. The third-order valence-corrected chi connectivity index (χ3v) is 7.53. The van der Waals surface area contributed by atoms with Crippen LogP contribution in [0.15, 0.2) is 12.5 Å². The van der Waals surface area contributed by atoms with E-state index in [0.29, 0.717) is 36.8 Å². The van der Waals surface area contributed by atoms with Crippen LogP contribution >= 0.6 is 0 Å². The summed E-state index contributed by atoms with van der Waals surface area (Å²) >= 11 is 0. The number of nitrogens with zero attached hydrogens (tertiary/aromatic N) is 4. The molecule has 1 aromatic rings. The molecule has 0 radical (unpaired) electrons. The highest BCUT2D eigenvalue weighted by molar-refractivity contribution is 5.81. The molecule has 7 nitrogen and oxygen atoms in total. The van der Waals surface area contributed by atoms with Crippen molar-refractivity contribution in [3.63, 3.8) is 0 Å². The Kier molecular flexibility index (Phi) is 5.10. The van der Waals surface area contributed by atoms with Gasteiger partial charge in [0.2, 0.25) is 11.8 Å². The number of piperidine rings is 3. The molecule has 3 aliphatic heterocycles. The summed E-state index contributed by atoms with van der Waals surface area (Å²) in [5, 5.41) is 3.18. The van der Waals surface area contributed by atoms with Crippen LogP contribution in [0.3, 0.4) is 0 Å². The molecule has 4 aliphatic rings. The highest BCUT2D eigenvalue weighted by Crippen LogP contribution is 2.42. The Labute approximate surface area is 172 Å². The summed E-state index contributed by atoms with van der Waals surface area (Å²) in [4.78, 5) is 34.2. The number of carbonyl (C=O) groups excluding carboxylic acids is 2. The summed E-state index contributed by atoms with van der Waals surface area (Å²) in [5.41, 5.74) is 1.27. The first kappa shape index (κ1) is 19.1. The van der Waals surface area contributed by atoms with Gasteiger partial charge in [-0.25, -0.2) is 4.98 Å². The lowest BCUT2D eigenvalue weighted by Gasteiger charge is -2.56. The van der Waals surface area contributed by atoms with Gasteiger partial charge in [-0.15, -0.1) is 0 Å². The maximum atomic E-state index is 12.9. The molecule has 1 saturated carbocycles. The van der Waals surface area contributed by atoms with E-state index in [2.05, 4.69) is 31.6 Å². The quantitative estimate of drug-likeness (QED) is 0.789. The van der Waals surface area contributed by atoms with Crippen molar-refractivity contribution in [3.05, 3.63) is 18.2 Å². The third kappa shape index (κ3) is 3.69. The fourth-order valence-corrected chi connectivity index (χ4v) is 5.95. The summed E-state index contributed by atoms with van der Waals surface area (Å²) in [6.45, 7) is 6.68. The molecule has 3 saturated heterocycles. The van der Waals surface area contributed by atoms with Crippen molar-refractivity contribution in [2.24, 2.45) is 17.8 Å². The number of carbonyl (C=O) groups is 2. The van der Waals surface area contributed by atoms with Crippen molar-refractivity contribution < 1.29 is 9.59 Å². The summed E-state index contributed by atoms with van der Waals surface area (Å²) in [6, 6.07) is 0.486. The highest BCUT2D eigenvalue weighted by atomic mass is 16.2. The third-order valence-electron chi connectivity index (χ3n) is 7.53. The second-order valence-corrected chi connectivity index (χ2v) is 9.47. The topological polar surface area (TPSA) is 70.5 Å². The van der Waals surface area contributed by atoms with Crippen LogP contribution in [0.4, 0.5) is 0 Å². The minimum absolute atomic E-state index is 0.144. The van der Waals surface area contributed by atoms with Crippen LogP contribution in [-0.4, -0.2) is 62.9 Å². The lowest BCUT2D eigenvalue weighted by molar-refractivity contribution is -0.153. The van der Waals surface area contributed by atoms with Crippen molar-refractivity contribution in [2.75, 3.05) is 19.6 Å². The van der Waals surface area contributed by atoms with Crippen molar-refractivity contribution in [3.8, 4) is 0 Å². The molecule has 4 heterocycles. The van der Waals surface area contributed by atoms with E-state index in [1.54, 1.807) is 0 Å². The maximum Gasteiger partial charge on any atom is 0.223 e. The maximum absolute atomic E-state index is 12.9. The molecule has 5 rings (SSSR count). The zero-order chi connectivity index (χ0) is 20.0. The lowest BCUT2D eigenvalue weighted by atomic mass is 9.72. The van der Waals surface area contributed by atoms with Gasteiger partial charge in [0.05, 0.1) is 18.1 Å². The van der Waals surface area contributed by atoms with Gasteiger partial charge in [-0.3, -0.25) is 14.5 Å². The molecule has 0 aromatic carbocycles. The fraction of sp³-hybridized carbons (Fsp3) is 0.773. The number of fused-ring (bicyclic) bond motifs is 4. The minimum Gasteiger partial charge on any atom is -0.354 e. The first-order valence-electron chi connectivity index (χ1n) is 11.4. The predicted octanol–water partition coefficient (Wildman–Crippen LogP) is 1.63. The molecule has 1 N–H and O–H groups in total. The van der Waals surface area contributed by atoms with E-state index in [1.807, 2.05) is 12.5 Å². The Morgan fingerprint density at radius 3 is 2.86 bits per heavy atom. The first-order chi connectivity index (χ1) is 14.1. The number of amides is 2. The molecule has 2 bridgehead atoms. The predicted molar refractivity (Wildman–Crippen MR) is 109 cm³/mol. The molecule has 2 amide bonds. The van der Waals surface area contributed by atoms with Crippen LogP contribution < -0.4 is 5.32 Å². The van der Waals surface area contributed by atoms with Gasteiger partial charge >= 0.3 is 0 Å². The van der Waals surface area contributed by atoms with Crippen LogP contribution in [0.1, 0.15) is 51.1 Å². The number of nitrogens with one attached hydrogen (secondary N) is 1. The molecule has 158 valence electrons. The fourth-order valence-electron chi connectivity index (χ4n) is 5.95. The Balaban J connectivity index is 1.33. The molecular weight excluding hydrogens is 366 g/mol. The van der Waals surface area contributed by atoms with E-state index in [-0.39, 0.29) is 17.9 Å². The zero-order valence-electron chi connectivity index (χ0n) is 17.4. The number of hydrogen-bond donors (Lipinski definition) is 1. The highest BCUT2D eigenvalue weighted by Gasteiger charge is 2.49. The number of aromatic nitrogens is 2. The van der Waals surface area contributed by atoms with Crippen LogP contribution in [0.2, 0.25) is 0 Å². The van der Waals surface area contributed by atoms with Gasteiger partial charge in [-0.1, -0.05) is 0 Å². The van der Waals surface area contributed by atoms with E-state index in [9.17, 15) is 9.59 Å². The normalized spacial score (nSPS) is 32.2. The number of hydrogen-bond acceptors (Lipinski definition) is 4. The monoisotopic (exact) mass is 399 g/mol. The Morgan fingerprint density at radius 1 is 1.24 bits per heavy atom. The van der Waals surface area contributed by atoms with E-state index in [4.69, 9.17) is 0 Å². The van der Waals surface area contributed by atoms with Gasteiger partial charge < -0.3 is 14.8 Å². The molecule has 4 fully saturated rings. The number of likely N-dealkylation sites (tertiary alicyclic amines) is 1. The van der Waals surface area contributed by atoms with Crippen LogP contribution in [0, 0.1) is 17.8 Å². The first-order valence-corrected chi connectivity index (χ1v) is 11.4. The smallest absolute Gasteiger partial charge is 0.223 e. The Morgan fingerprint density at radius 2 is 2.07 bits per heavy atom. The second-order valence-electron chi connectivity index (χ2n) is 9.47. The zero-order valence-corrected chi connectivity index (χ0v) is 17.4. The van der Waals surface area contributed by atoms with E-state index < -0.39 is 0 Å². The summed E-state index contributed by atoms with van der Waals surface area (Å²) in [5.74, 6) is 1.69. The SMILES string of the molecule is CCn1cncc1CN1C[C@H]2C[C@@H](C1)[C@H](CNC(=O)C1CC1)N1C(=O)CCC[C@@H]21. The largest absolute Gasteiger partial charge is 0.354 e. The van der Waals surface area contributed by atoms with Crippen LogP contribution in [0.25, 0.3) is 0 Å². The van der Waals surface area contributed by atoms with Crippen molar-refractivity contribution in [2.45, 2.75) is 70.6 Å². The molecular formula is C22H33N5O2. The van der Waals surface area contributed by atoms with Crippen molar-refractivity contribution in [1.82, 2.24) is 24.7 Å². The minimum atomic E-state index is 0.144. The standard InChI is InChI=1S/C22H33N5O2/c1-2-26-14-23-9-18(26)13-25-11-16-8-17(12-25)20(10-24-22(29)15-6-7-15)27-19(16)4-3-5-21(27)28/h9,14-17,19-20H,2-8,10-13H2,1H3,(H,24,29)/t16-,17+,19+,20+/m1/s1. The number of aryl methyl sites for hydroxylation is 1. The Hall–Kier alpha value is -1.89. The van der Waals surface area contributed by atoms with E-state index in [0.717, 1.165) is 51.9 Å². The molecule has 0 unspecified atom stereocenters. The molecule has 1 aliphatic carbocycles.